The molecule has 6 aromatic carbocycles. The Morgan fingerprint density at radius 2 is 1.13 bits per heavy atom. The topological polar surface area (TPSA) is 34.0 Å². The molecule has 0 aliphatic heterocycles. The number of hydrogen-bond donors (Lipinski definition) is 0. The lowest BCUT2D eigenvalue weighted by Gasteiger charge is -2.29. The molecular formula is C49H36N4. The highest BCUT2D eigenvalue weighted by Gasteiger charge is 2.21. The fraction of sp³-hybridized carbons (Fsp3) is 0.0204. The van der Waals surface area contributed by atoms with E-state index in [1.807, 2.05) is 30.6 Å². The summed E-state index contributed by atoms with van der Waals surface area (Å²) >= 11 is 0. The normalized spacial score (nSPS) is 11.1. The third-order valence-corrected chi connectivity index (χ3v) is 9.83. The van der Waals surface area contributed by atoms with E-state index in [1.165, 1.54) is 11.1 Å². The van der Waals surface area contributed by atoms with Gasteiger partial charge in [0.25, 0.3) is 0 Å². The summed E-state index contributed by atoms with van der Waals surface area (Å²) in [5.41, 5.74) is 14.2. The molecule has 4 nitrogen and oxygen atoms in total. The Hall–Kier alpha value is -7.04. The molecular weight excluding hydrogens is 645 g/mol. The van der Waals surface area contributed by atoms with E-state index < -0.39 is 0 Å². The van der Waals surface area contributed by atoms with Crippen molar-refractivity contribution in [2.75, 3.05) is 4.90 Å². The number of hydrogen-bond acceptors (Lipinski definition) is 3. The van der Waals surface area contributed by atoms with Crippen molar-refractivity contribution in [2.24, 2.45) is 0 Å². The molecule has 53 heavy (non-hydrogen) atoms. The van der Waals surface area contributed by atoms with Gasteiger partial charge in [0, 0.05) is 46.5 Å². The summed E-state index contributed by atoms with van der Waals surface area (Å²) in [6.07, 6.45) is 5.93. The minimum absolute atomic E-state index is 0.879. The number of benzene rings is 6. The monoisotopic (exact) mass is 680 g/mol. The van der Waals surface area contributed by atoms with Crippen molar-refractivity contribution in [1.82, 2.24) is 14.5 Å². The van der Waals surface area contributed by atoms with Crippen LogP contribution in [0.3, 0.4) is 0 Å². The second kappa shape index (κ2) is 13.9. The van der Waals surface area contributed by atoms with Crippen molar-refractivity contribution < 1.29 is 0 Å². The zero-order chi connectivity index (χ0) is 35.6. The number of fused-ring (bicyclic) bond motifs is 1. The first kappa shape index (κ1) is 31.9. The molecule has 0 radical (unpaired) electrons. The lowest BCUT2D eigenvalue weighted by Crippen LogP contribution is -2.12. The van der Waals surface area contributed by atoms with Crippen LogP contribution in [0.5, 0.6) is 0 Å². The van der Waals surface area contributed by atoms with Crippen LogP contribution in [0.25, 0.3) is 61.4 Å². The van der Waals surface area contributed by atoms with Gasteiger partial charge in [-0.2, -0.15) is 0 Å². The van der Waals surface area contributed by atoms with Crippen LogP contribution in [0.1, 0.15) is 5.56 Å². The van der Waals surface area contributed by atoms with Crippen molar-refractivity contribution in [3.05, 3.63) is 206 Å². The molecule has 0 fully saturated rings. The zero-order valence-corrected chi connectivity index (χ0v) is 29.3. The van der Waals surface area contributed by atoms with E-state index in [9.17, 15) is 0 Å². The molecule has 3 heterocycles. The zero-order valence-electron chi connectivity index (χ0n) is 29.3. The summed E-state index contributed by atoms with van der Waals surface area (Å²) in [5, 5.41) is 1.15. The molecule has 3 aromatic heterocycles. The van der Waals surface area contributed by atoms with Gasteiger partial charge < -0.3 is 9.47 Å². The first-order valence-electron chi connectivity index (χ1n) is 17.9. The first-order valence-corrected chi connectivity index (χ1v) is 17.9. The minimum atomic E-state index is 0.879. The molecule has 0 unspecified atom stereocenters. The van der Waals surface area contributed by atoms with Crippen LogP contribution < -0.4 is 4.90 Å². The predicted molar refractivity (Wildman–Crippen MR) is 220 cm³/mol. The van der Waals surface area contributed by atoms with Gasteiger partial charge in [-0.15, -0.1) is 0 Å². The number of para-hydroxylation sites is 1. The van der Waals surface area contributed by atoms with Gasteiger partial charge in [-0.1, -0.05) is 121 Å². The molecule has 0 spiro atoms. The number of aromatic nitrogens is 3. The van der Waals surface area contributed by atoms with E-state index in [-0.39, 0.29) is 0 Å². The highest BCUT2D eigenvalue weighted by molar-refractivity contribution is 5.94. The molecule has 0 atom stereocenters. The molecule has 9 rings (SSSR count). The van der Waals surface area contributed by atoms with Crippen LogP contribution in [0.15, 0.2) is 201 Å². The smallest absolute Gasteiger partial charge is 0.137 e. The van der Waals surface area contributed by atoms with Crippen molar-refractivity contribution in [1.29, 1.82) is 0 Å². The van der Waals surface area contributed by atoms with Crippen LogP contribution >= 0.6 is 0 Å². The quantitative estimate of drug-likeness (QED) is 0.160. The summed E-state index contributed by atoms with van der Waals surface area (Å²) in [6, 6.07) is 64.4. The summed E-state index contributed by atoms with van der Waals surface area (Å²) in [4.78, 5) is 12.1. The molecule has 0 aliphatic rings. The third-order valence-electron chi connectivity index (χ3n) is 9.83. The number of anilines is 3. The number of aryl methyl sites for hydroxylation is 1. The summed E-state index contributed by atoms with van der Waals surface area (Å²) in [6.45, 7) is 2.13. The van der Waals surface area contributed by atoms with Crippen LogP contribution in [0, 0.1) is 6.92 Å². The van der Waals surface area contributed by atoms with Crippen molar-refractivity contribution in [3.8, 4) is 50.5 Å². The SMILES string of the molecule is Cc1cnc(-c2cc(-c3ccccc3)cc(N(c3ccc4ccn(-c5ccccn5)c4c3)c3ccccc3-c3ccccc3)c2)cc1-c1ccccc1. The van der Waals surface area contributed by atoms with E-state index >= 15 is 0 Å². The Kier molecular flexibility index (Phi) is 8.39. The van der Waals surface area contributed by atoms with Gasteiger partial charge in [-0.3, -0.25) is 4.98 Å². The molecule has 0 bridgehead atoms. The Bertz CT molecular complexity index is 2670. The highest BCUT2D eigenvalue weighted by Crippen LogP contribution is 2.44. The van der Waals surface area contributed by atoms with Crippen LogP contribution in [0.2, 0.25) is 0 Å². The fourth-order valence-corrected chi connectivity index (χ4v) is 7.21. The molecule has 252 valence electrons. The summed E-state index contributed by atoms with van der Waals surface area (Å²) < 4.78 is 2.16. The second-order valence-corrected chi connectivity index (χ2v) is 13.2. The van der Waals surface area contributed by atoms with Gasteiger partial charge in [0.1, 0.15) is 5.82 Å². The Morgan fingerprint density at radius 1 is 0.472 bits per heavy atom. The van der Waals surface area contributed by atoms with Crippen molar-refractivity contribution in [2.45, 2.75) is 6.92 Å². The number of nitrogens with zero attached hydrogens (tertiary/aromatic N) is 4. The largest absolute Gasteiger partial charge is 0.310 e. The molecule has 0 saturated carbocycles. The average molecular weight is 681 g/mol. The maximum Gasteiger partial charge on any atom is 0.137 e. The van der Waals surface area contributed by atoms with Crippen LogP contribution in [0.4, 0.5) is 17.1 Å². The molecule has 0 saturated heterocycles. The van der Waals surface area contributed by atoms with Crippen molar-refractivity contribution >= 4 is 28.0 Å². The van der Waals surface area contributed by atoms with Gasteiger partial charge in [0.2, 0.25) is 0 Å². The van der Waals surface area contributed by atoms with Gasteiger partial charge in [0.15, 0.2) is 0 Å². The third kappa shape index (κ3) is 6.28. The van der Waals surface area contributed by atoms with Crippen LogP contribution in [-0.2, 0) is 0 Å². The first-order chi connectivity index (χ1) is 26.2. The van der Waals surface area contributed by atoms with E-state index in [1.54, 1.807) is 0 Å². The van der Waals surface area contributed by atoms with E-state index in [0.29, 0.717) is 0 Å². The van der Waals surface area contributed by atoms with Gasteiger partial charge in [0.05, 0.1) is 16.9 Å². The molecule has 4 heteroatoms. The van der Waals surface area contributed by atoms with E-state index in [0.717, 1.165) is 72.9 Å². The second-order valence-electron chi connectivity index (χ2n) is 13.2. The lowest BCUT2D eigenvalue weighted by atomic mass is 9.96. The molecule has 9 aromatic rings. The Morgan fingerprint density at radius 3 is 1.87 bits per heavy atom. The maximum atomic E-state index is 5.03. The number of pyridine rings is 2. The van der Waals surface area contributed by atoms with Crippen LogP contribution in [-0.4, -0.2) is 14.5 Å². The van der Waals surface area contributed by atoms with Gasteiger partial charge >= 0.3 is 0 Å². The minimum Gasteiger partial charge on any atom is -0.310 e. The van der Waals surface area contributed by atoms with Gasteiger partial charge in [-0.25, -0.2) is 4.98 Å². The molecule has 0 aliphatic carbocycles. The standard InChI is InChI=1S/C49H36N4/c1-35-34-51-46(33-45(35)38-19-9-4-10-20-38)41-29-40(36-15-5-2-6-16-36)30-43(31-41)53(47-22-12-11-21-44(47)37-17-7-3-8-18-37)42-25-24-39-26-28-52(48(39)32-42)49-23-13-14-27-50-49/h2-34H,1H3. The summed E-state index contributed by atoms with van der Waals surface area (Å²) in [7, 11) is 0. The maximum absolute atomic E-state index is 5.03. The average Bonchev–Trinajstić information content (AvgIpc) is 3.66. The number of rotatable bonds is 8. The van der Waals surface area contributed by atoms with E-state index in [2.05, 4.69) is 191 Å². The molecule has 0 N–H and O–H groups in total. The van der Waals surface area contributed by atoms with Gasteiger partial charge in [-0.05, 0) is 101 Å². The fourth-order valence-electron chi connectivity index (χ4n) is 7.21. The Labute approximate surface area is 309 Å². The van der Waals surface area contributed by atoms with E-state index in [4.69, 9.17) is 4.98 Å². The highest BCUT2D eigenvalue weighted by atomic mass is 15.1. The van der Waals surface area contributed by atoms with Crippen molar-refractivity contribution in [3.63, 3.8) is 0 Å². The Balaban J connectivity index is 1.30. The molecule has 0 amide bonds. The lowest BCUT2D eigenvalue weighted by molar-refractivity contribution is 1.04. The predicted octanol–water partition coefficient (Wildman–Crippen LogP) is 12.9. The summed E-state index contributed by atoms with van der Waals surface area (Å²) in [5.74, 6) is 0.879.